The van der Waals surface area contributed by atoms with Crippen LogP contribution in [0, 0.1) is 0 Å². The maximum absolute atomic E-state index is 5.54. The van der Waals surface area contributed by atoms with Crippen LogP contribution in [0.3, 0.4) is 0 Å². The van der Waals surface area contributed by atoms with Crippen LogP contribution in [-0.4, -0.2) is 11.1 Å². The Hall–Kier alpha value is -0.570. The van der Waals surface area contributed by atoms with Crippen LogP contribution in [0.5, 0.6) is 5.75 Å². The predicted molar refractivity (Wildman–Crippen MR) is 52.3 cm³/mol. The third-order valence-electron chi connectivity index (χ3n) is 1.61. The van der Waals surface area contributed by atoms with Crippen molar-refractivity contribution >= 4 is 15.9 Å². The molecule has 0 aliphatic rings. The van der Waals surface area contributed by atoms with Crippen molar-refractivity contribution in [2.45, 2.75) is 26.4 Å². The highest BCUT2D eigenvalue weighted by Gasteiger charge is 2.00. The highest BCUT2D eigenvalue weighted by atomic mass is 79.9. The first-order valence-electron chi connectivity index (χ1n) is 4.00. The number of ether oxygens (including phenoxy) is 1. The second-order valence-electron chi connectivity index (χ2n) is 2.65. The van der Waals surface area contributed by atoms with Crippen molar-refractivity contribution in [2.75, 3.05) is 0 Å². The van der Waals surface area contributed by atoms with Crippen molar-refractivity contribution in [1.82, 2.24) is 4.98 Å². The summed E-state index contributed by atoms with van der Waals surface area (Å²) in [6, 6.07) is 3.78. The fraction of sp³-hybridized carbons (Fsp3) is 0.444. The Morgan fingerprint density at radius 1 is 1.58 bits per heavy atom. The van der Waals surface area contributed by atoms with Gasteiger partial charge in [0.15, 0.2) is 0 Å². The van der Waals surface area contributed by atoms with Gasteiger partial charge >= 0.3 is 0 Å². The largest absolute Gasteiger partial charge is 0.489 e. The average Bonchev–Trinajstić information content (AvgIpc) is 2.09. The molecule has 0 bridgehead atoms. The molecule has 66 valence electrons. The molecule has 12 heavy (non-hydrogen) atoms. The normalized spacial score (nSPS) is 12.6. The molecule has 0 aromatic carbocycles. The molecule has 3 heteroatoms. The first-order chi connectivity index (χ1) is 5.72. The molecule has 2 nitrogen and oxygen atoms in total. The maximum atomic E-state index is 5.54. The lowest BCUT2D eigenvalue weighted by Gasteiger charge is -2.11. The molecule has 0 saturated heterocycles. The van der Waals surface area contributed by atoms with Gasteiger partial charge < -0.3 is 4.74 Å². The summed E-state index contributed by atoms with van der Waals surface area (Å²) >= 11 is 3.26. The molecular weight excluding hydrogens is 218 g/mol. The Labute approximate surface area is 81.1 Å². The lowest BCUT2D eigenvalue weighted by Crippen LogP contribution is -2.09. The topological polar surface area (TPSA) is 22.1 Å². The van der Waals surface area contributed by atoms with E-state index in [1.807, 2.05) is 19.1 Å². The van der Waals surface area contributed by atoms with Crippen molar-refractivity contribution in [2.24, 2.45) is 0 Å². The van der Waals surface area contributed by atoms with Crippen LogP contribution in [0.2, 0.25) is 0 Å². The zero-order valence-electron chi connectivity index (χ0n) is 7.25. The third kappa shape index (κ3) is 2.81. The maximum Gasteiger partial charge on any atom is 0.138 e. The van der Waals surface area contributed by atoms with Gasteiger partial charge in [-0.25, -0.2) is 4.98 Å². The van der Waals surface area contributed by atoms with Crippen LogP contribution in [-0.2, 0) is 0 Å². The summed E-state index contributed by atoms with van der Waals surface area (Å²) < 4.78 is 6.37. The zero-order chi connectivity index (χ0) is 8.97. The van der Waals surface area contributed by atoms with E-state index in [2.05, 4.69) is 27.8 Å². The van der Waals surface area contributed by atoms with Crippen LogP contribution in [0.4, 0.5) is 0 Å². The number of halogens is 1. The molecule has 1 unspecified atom stereocenters. The van der Waals surface area contributed by atoms with Crippen LogP contribution in [0.25, 0.3) is 0 Å². The van der Waals surface area contributed by atoms with Crippen molar-refractivity contribution < 1.29 is 4.74 Å². The van der Waals surface area contributed by atoms with E-state index in [0.717, 1.165) is 16.8 Å². The number of rotatable bonds is 3. The van der Waals surface area contributed by atoms with E-state index in [1.54, 1.807) is 6.20 Å². The minimum Gasteiger partial charge on any atom is -0.489 e. The first kappa shape index (κ1) is 9.52. The fourth-order valence-electron chi connectivity index (χ4n) is 0.748. The molecule has 0 radical (unpaired) electrons. The lowest BCUT2D eigenvalue weighted by molar-refractivity contribution is 0.216. The molecule has 1 atom stereocenters. The van der Waals surface area contributed by atoms with Crippen molar-refractivity contribution in [3.8, 4) is 5.75 Å². The molecule has 1 aromatic rings. The van der Waals surface area contributed by atoms with Gasteiger partial charge in [0, 0.05) is 0 Å². The predicted octanol–water partition coefficient (Wildman–Crippen LogP) is 3.02. The lowest BCUT2D eigenvalue weighted by atomic mass is 10.3. The van der Waals surface area contributed by atoms with Crippen LogP contribution in [0.15, 0.2) is 22.9 Å². The van der Waals surface area contributed by atoms with Crippen molar-refractivity contribution in [1.29, 1.82) is 0 Å². The van der Waals surface area contributed by atoms with Crippen LogP contribution < -0.4 is 4.74 Å². The van der Waals surface area contributed by atoms with E-state index in [4.69, 9.17) is 4.74 Å². The summed E-state index contributed by atoms with van der Waals surface area (Å²) in [5.74, 6) is 0.826. The molecule has 1 heterocycles. The summed E-state index contributed by atoms with van der Waals surface area (Å²) in [6.45, 7) is 4.14. The minimum atomic E-state index is 0.257. The standard InChI is InChI=1S/C9H12BrNO/c1-3-7(2)12-8-4-5-9(10)11-6-8/h4-7H,3H2,1-2H3. The summed E-state index contributed by atoms with van der Waals surface area (Å²) in [5, 5.41) is 0. The molecule has 0 fully saturated rings. The summed E-state index contributed by atoms with van der Waals surface area (Å²) in [6.07, 6.45) is 2.99. The quantitative estimate of drug-likeness (QED) is 0.744. The highest BCUT2D eigenvalue weighted by molar-refractivity contribution is 9.10. The smallest absolute Gasteiger partial charge is 0.138 e. The van der Waals surface area contributed by atoms with Gasteiger partial charge in [-0.3, -0.25) is 0 Å². The molecule has 0 spiro atoms. The van der Waals surface area contributed by atoms with Crippen molar-refractivity contribution in [3.63, 3.8) is 0 Å². The molecule has 0 saturated carbocycles. The molecule has 0 amide bonds. The van der Waals surface area contributed by atoms with Gasteiger partial charge in [-0.05, 0) is 41.4 Å². The average molecular weight is 230 g/mol. The first-order valence-corrected chi connectivity index (χ1v) is 4.80. The minimum absolute atomic E-state index is 0.257. The van der Waals surface area contributed by atoms with E-state index in [-0.39, 0.29) is 6.10 Å². The number of hydrogen-bond donors (Lipinski definition) is 0. The van der Waals surface area contributed by atoms with Crippen LogP contribution in [0.1, 0.15) is 20.3 Å². The van der Waals surface area contributed by atoms with Gasteiger partial charge in [-0.15, -0.1) is 0 Å². The molecular formula is C9H12BrNO. The van der Waals surface area contributed by atoms with Crippen molar-refractivity contribution in [3.05, 3.63) is 22.9 Å². The third-order valence-corrected chi connectivity index (χ3v) is 2.08. The second kappa shape index (κ2) is 4.45. The van der Waals surface area contributed by atoms with Gasteiger partial charge in [-0.2, -0.15) is 0 Å². The Balaban J connectivity index is 2.58. The number of pyridine rings is 1. The zero-order valence-corrected chi connectivity index (χ0v) is 8.84. The Kier molecular flexibility index (Phi) is 3.53. The molecule has 0 aliphatic carbocycles. The molecule has 1 aromatic heterocycles. The Bertz CT molecular complexity index is 235. The molecule has 0 N–H and O–H groups in total. The van der Waals surface area contributed by atoms with E-state index in [9.17, 15) is 0 Å². The summed E-state index contributed by atoms with van der Waals surface area (Å²) in [5.41, 5.74) is 0. The van der Waals surface area contributed by atoms with Gasteiger partial charge in [0.1, 0.15) is 10.4 Å². The van der Waals surface area contributed by atoms with Gasteiger partial charge in [-0.1, -0.05) is 6.92 Å². The molecule has 1 rings (SSSR count). The number of aromatic nitrogens is 1. The SMILES string of the molecule is CCC(C)Oc1ccc(Br)nc1. The number of nitrogens with zero attached hydrogens (tertiary/aromatic N) is 1. The Morgan fingerprint density at radius 3 is 2.83 bits per heavy atom. The number of hydrogen-bond acceptors (Lipinski definition) is 2. The summed E-state index contributed by atoms with van der Waals surface area (Å²) in [7, 11) is 0. The van der Waals surface area contributed by atoms with E-state index in [0.29, 0.717) is 0 Å². The van der Waals surface area contributed by atoms with Gasteiger partial charge in [0.2, 0.25) is 0 Å². The van der Waals surface area contributed by atoms with Gasteiger partial charge in [0.05, 0.1) is 12.3 Å². The second-order valence-corrected chi connectivity index (χ2v) is 3.47. The monoisotopic (exact) mass is 229 g/mol. The van der Waals surface area contributed by atoms with Gasteiger partial charge in [0.25, 0.3) is 0 Å². The fourth-order valence-corrected chi connectivity index (χ4v) is 0.982. The molecule has 0 aliphatic heterocycles. The van der Waals surface area contributed by atoms with Crippen LogP contribution >= 0.6 is 15.9 Å². The van der Waals surface area contributed by atoms with E-state index >= 15 is 0 Å². The van der Waals surface area contributed by atoms with E-state index in [1.165, 1.54) is 0 Å². The summed E-state index contributed by atoms with van der Waals surface area (Å²) in [4.78, 5) is 4.06. The Morgan fingerprint density at radius 2 is 2.33 bits per heavy atom. The van der Waals surface area contributed by atoms with E-state index < -0.39 is 0 Å². The highest BCUT2D eigenvalue weighted by Crippen LogP contribution is 2.14.